The normalized spacial score (nSPS) is 13.1. The van der Waals surface area contributed by atoms with Gasteiger partial charge in [0.1, 0.15) is 0 Å². The molecular formula is C13H15N3O6S. The minimum atomic E-state index is -3.90. The Labute approximate surface area is 130 Å². The third-order valence-electron chi connectivity index (χ3n) is 3.17. The fourth-order valence-electron chi connectivity index (χ4n) is 2.02. The summed E-state index contributed by atoms with van der Waals surface area (Å²) in [6.45, 7) is 1.56. The van der Waals surface area contributed by atoms with Gasteiger partial charge in [-0.15, -0.1) is 0 Å². The molecule has 10 heteroatoms. The van der Waals surface area contributed by atoms with Crippen LogP contribution in [-0.4, -0.2) is 36.0 Å². The number of aliphatic carboxylic acids is 1. The SMILES string of the molecule is CC(CNS(=O)(=O)c1ccc2[nH]c(=O)[nH]c(=O)c2c1)CC(=O)O. The number of aromatic nitrogens is 2. The van der Waals surface area contributed by atoms with Crippen LogP contribution in [0, 0.1) is 5.92 Å². The highest BCUT2D eigenvalue weighted by Crippen LogP contribution is 2.14. The summed E-state index contributed by atoms with van der Waals surface area (Å²) >= 11 is 0. The van der Waals surface area contributed by atoms with Crippen LogP contribution in [0.5, 0.6) is 0 Å². The molecule has 2 aromatic rings. The summed E-state index contributed by atoms with van der Waals surface area (Å²) in [6.07, 6.45) is -0.166. The van der Waals surface area contributed by atoms with Crippen molar-refractivity contribution in [3.63, 3.8) is 0 Å². The fraction of sp³-hybridized carbons (Fsp3) is 0.308. The molecule has 23 heavy (non-hydrogen) atoms. The summed E-state index contributed by atoms with van der Waals surface area (Å²) in [7, 11) is -3.90. The van der Waals surface area contributed by atoms with Gasteiger partial charge in [-0.05, 0) is 24.1 Å². The standard InChI is InChI=1S/C13H15N3O6S/c1-7(4-11(17)18)6-14-23(21,22)8-2-3-10-9(5-8)12(19)16-13(20)15-10/h2-3,5,7,14H,4,6H2,1H3,(H,17,18)(H2,15,16,19,20). The molecule has 1 atom stereocenters. The first kappa shape index (κ1) is 16.9. The van der Waals surface area contributed by atoms with Gasteiger partial charge in [0.05, 0.1) is 15.8 Å². The number of carboxylic acid groups (broad SMARTS) is 1. The van der Waals surface area contributed by atoms with E-state index in [4.69, 9.17) is 5.11 Å². The van der Waals surface area contributed by atoms with Crippen molar-refractivity contribution >= 4 is 26.9 Å². The first-order chi connectivity index (χ1) is 10.7. The lowest BCUT2D eigenvalue weighted by atomic mass is 10.1. The Morgan fingerprint density at radius 1 is 1.30 bits per heavy atom. The van der Waals surface area contributed by atoms with Crippen LogP contribution in [0.25, 0.3) is 10.9 Å². The summed E-state index contributed by atoms with van der Waals surface area (Å²) in [5, 5.41) is 8.69. The molecule has 9 nitrogen and oxygen atoms in total. The molecule has 124 valence electrons. The lowest BCUT2D eigenvalue weighted by Gasteiger charge is -2.11. The van der Waals surface area contributed by atoms with Crippen molar-refractivity contribution in [2.75, 3.05) is 6.54 Å². The van der Waals surface area contributed by atoms with Gasteiger partial charge >= 0.3 is 11.7 Å². The van der Waals surface area contributed by atoms with Gasteiger partial charge in [0.2, 0.25) is 10.0 Å². The third-order valence-corrected chi connectivity index (χ3v) is 4.59. The lowest BCUT2D eigenvalue weighted by molar-refractivity contribution is -0.137. The molecule has 2 rings (SSSR count). The van der Waals surface area contributed by atoms with Crippen molar-refractivity contribution in [1.29, 1.82) is 0 Å². The van der Waals surface area contributed by atoms with Gasteiger partial charge in [-0.1, -0.05) is 6.92 Å². The van der Waals surface area contributed by atoms with E-state index in [1.54, 1.807) is 6.92 Å². The van der Waals surface area contributed by atoms with Gasteiger partial charge in [0.15, 0.2) is 0 Å². The fourth-order valence-corrected chi connectivity index (χ4v) is 3.21. The quantitative estimate of drug-likeness (QED) is 0.562. The zero-order valence-corrected chi connectivity index (χ0v) is 12.9. The van der Waals surface area contributed by atoms with Gasteiger partial charge in [-0.25, -0.2) is 17.9 Å². The number of nitrogens with one attached hydrogen (secondary N) is 3. The number of hydrogen-bond donors (Lipinski definition) is 4. The first-order valence-corrected chi connectivity index (χ1v) is 8.15. The largest absolute Gasteiger partial charge is 0.481 e. The zero-order chi connectivity index (χ0) is 17.2. The van der Waals surface area contributed by atoms with E-state index in [9.17, 15) is 22.8 Å². The molecule has 0 amide bonds. The van der Waals surface area contributed by atoms with E-state index in [0.717, 1.165) is 6.07 Å². The van der Waals surface area contributed by atoms with Gasteiger partial charge in [0, 0.05) is 13.0 Å². The molecule has 0 bridgehead atoms. The average molecular weight is 341 g/mol. The van der Waals surface area contributed by atoms with E-state index in [1.165, 1.54) is 12.1 Å². The van der Waals surface area contributed by atoms with E-state index in [2.05, 4.69) is 9.71 Å². The summed E-state index contributed by atoms with van der Waals surface area (Å²) in [5.74, 6) is -1.40. The number of benzene rings is 1. The van der Waals surface area contributed by atoms with Crippen LogP contribution in [0.3, 0.4) is 0 Å². The Balaban J connectivity index is 2.30. The Hall–Kier alpha value is -2.46. The van der Waals surface area contributed by atoms with Gasteiger partial charge < -0.3 is 10.1 Å². The number of aromatic amines is 2. The second kappa shape index (κ2) is 6.34. The topological polar surface area (TPSA) is 149 Å². The van der Waals surface area contributed by atoms with Crippen molar-refractivity contribution in [1.82, 2.24) is 14.7 Å². The van der Waals surface area contributed by atoms with E-state index in [-0.39, 0.29) is 34.7 Å². The van der Waals surface area contributed by atoms with E-state index >= 15 is 0 Å². The number of carbonyl (C=O) groups is 1. The van der Waals surface area contributed by atoms with Crippen LogP contribution in [-0.2, 0) is 14.8 Å². The predicted molar refractivity (Wildman–Crippen MR) is 81.8 cm³/mol. The Morgan fingerprint density at radius 3 is 2.65 bits per heavy atom. The molecule has 1 heterocycles. The Bertz CT molecular complexity index is 960. The second-order valence-electron chi connectivity index (χ2n) is 5.17. The van der Waals surface area contributed by atoms with Crippen LogP contribution in [0.15, 0.2) is 32.7 Å². The third kappa shape index (κ3) is 4.05. The first-order valence-electron chi connectivity index (χ1n) is 6.67. The maximum absolute atomic E-state index is 12.2. The van der Waals surface area contributed by atoms with Crippen molar-refractivity contribution in [3.8, 4) is 0 Å². The molecule has 4 N–H and O–H groups in total. The molecule has 0 saturated heterocycles. The summed E-state index contributed by atoms with van der Waals surface area (Å²) in [4.78, 5) is 37.7. The lowest BCUT2D eigenvalue weighted by Crippen LogP contribution is -2.29. The Morgan fingerprint density at radius 2 is 2.00 bits per heavy atom. The van der Waals surface area contributed by atoms with Gasteiger partial charge in [-0.3, -0.25) is 14.6 Å². The van der Waals surface area contributed by atoms with Crippen LogP contribution >= 0.6 is 0 Å². The molecule has 0 aliphatic heterocycles. The summed E-state index contributed by atoms with van der Waals surface area (Å²) in [6, 6.07) is 3.72. The molecule has 0 fully saturated rings. The summed E-state index contributed by atoms with van der Waals surface area (Å²) in [5.41, 5.74) is -1.16. The summed E-state index contributed by atoms with van der Waals surface area (Å²) < 4.78 is 26.7. The molecule has 0 saturated carbocycles. The molecule has 1 unspecified atom stereocenters. The van der Waals surface area contributed by atoms with Crippen molar-refractivity contribution in [2.45, 2.75) is 18.2 Å². The number of H-pyrrole nitrogens is 2. The van der Waals surface area contributed by atoms with Crippen LogP contribution in [0.2, 0.25) is 0 Å². The predicted octanol–water partition coefficient (Wildman–Crippen LogP) is -0.394. The Kier molecular flexibility index (Phi) is 4.66. The maximum atomic E-state index is 12.2. The number of rotatable bonds is 6. The minimum Gasteiger partial charge on any atom is -0.481 e. The van der Waals surface area contributed by atoms with E-state index < -0.39 is 27.2 Å². The number of sulfonamides is 1. The molecule has 0 radical (unpaired) electrons. The maximum Gasteiger partial charge on any atom is 0.326 e. The molecule has 0 aliphatic rings. The monoisotopic (exact) mass is 341 g/mol. The van der Waals surface area contributed by atoms with E-state index in [1.807, 2.05) is 4.98 Å². The number of fused-ring (bicyclic) bond motifs is 1. The van der Waals surface area contributed by atoms with Crippen molar-refractivity contribution < 1.29 is 18.3 Å². The highest BCUT2D eigenvalue weighted by atomic mass is 32.2. The zero-order valence-electron chi connectivity index (χ0n) is 12.1. The average Bonchev–Trinajstić information content (AvgIpc) is 2.44. The molecule has 0 aliphatic carbocycles. The van der Waals surface area contributed by atoms with E-state index in [0.29, 0.717) is 0 Å². The highest BCUT2D eigenvalue weighted by molar-refractivity contribution is 7.89. The molecule has 1 aromatic heterocycles. The van der Waals surface area contributed by atoms with Crippen LogP contribution in [0.1, 0.15) is 13.3 Å². The highest BCUT2D eigenvalue weighted by Gasteiger charge is 2.17. The molecule has 0 spiro atoms. The molecular weight excluding hydrogens is 326 g/mol. The number of hydrogen-bond acceptors (Lipinski definition) is 5. The second-order valence-corrected chi connectivity index (χ2v) is 6.94. The van der Waals surface area contributed by atoms with Crippen molar-refractivity contribution in [3.05, 3.63) is 39.0 Å². The molecule has 1 aromatic carbocycles. The smallest absolute Gasteiger partial charge is 0.326 e. The van der Waals surface area contributed by atoms with Gasteiger partial charge in [0.25, 0.3) is 5.56 Å². The van der Waals surface area contributed by atoms with Crippen molar-refractivity contribution in [2.24, 2.45) is 5.92 Å². The van der Waals surface area contributed by atoms with Gasteiger partial charge in [-0.2, -0.15) is 0 Å². The van der Waals surface area contributed by atoms with Crippen LogP contribution in [0.4, 0.5) is 0 Å². The van der Waals surface area contributed by atoms with Crippen LogP contribution < -0.4 is 16.0 Å². The number of carboxylic acids is 1. The minimum absolute atomic E-state index is 0.0334.